The Kier molecular flexibility index (Phi) is 5.17. The predicted octanol–water partition coefficient (Wildman–Crippen LogP) is 3.07. The first-order chi connectivity index (χ1) is 10.4. The smallest absolute Gasteiger partial charge is 0.321 e. The molecule has 0 radical (unpaired) electrons. The van der Waals surface area contributed by atoms with E-state index in [1.165, 1.54) is 0 Å². The number of allylic oxidation sites excluding steroid dienone is 2. The van der Waals surface area contributed by atoms with E-state index in [1.54, 1.807) is 27.7 Å². The Bertz CT molecular complexity index is 484. The molecule has 0 aromatic heterocycles. The number of carbonyl (C=O) groups is 2. The highest BCUT2D eigenvalue weighted by molar-refractivity contribution is 7.82. The van der Waals surface area contributed by atoms with Crippen molar-refractivity contribution >= 4 is 37.2 Å². The Hall–Kier alpha value is -0.620. The number of ether oxygens (including phenoxy) is 2. The van der Waals surface area contributed by atoms with Crippen LogP contribution in [-0.4, -0.2) is 34.6 Å². The minimum atomic E-state index is -0.835. The molecule has 2 aliphatic carbocycles. The highest BCUT2D eigenvalue weighted by atomic mass is 32.1. The van der Waals surface area contributed by atoms with Gasteiger partial charge in [-0.15, -0.1) is 0 Å². The van der Waals surface area contributed by atoms with Gasteiger partial charge in [-0.25, -0.2) is 0 Å². The van der Waals surface area contributed by atoms with Crippen LogP contribution in [0.15, 0.2) is 12.2 Å². The Morgan fingerprint density at radius 3 is 1.83 bits per heavy atom. The normalized spacial score (nSPS) is 25.5. The summed E-state index contributed by atoms with van der Waals surface area (Å²) >= 11 is 8.49. The summed E-state index contributed by atoms with van der Waals surface area (Å²) in [6.45, 7) is 7.32. The monoisotopic (exact) mass is 358 g/mol. The van der Waals surface area contributed by atoms with E-state index in [0.29, 0.717) is 5.92 Å². The van der Waals surface area contributed by atoms with Crippen LogP contribution >= 0.6 is 25.3 Å². The van der Waals surface area contributed by atoms with E-state index >= 15 is 0 Å². The maximum atomic E-state index is 12.0. The Balaban J connectivity index is 2.05. The van der Waals surface area contributed by atoms with Crippen LogP contribution in [0.4, 0.5) is 0 Å². The van der Waals surface area contributed by atoms with Crippen LogP contribution in [0.3, 0.4) is 0 Å². The topological polar surface area (TPSA) is 52.6 Å². The first-order valence-corrected chi connectivity index (χ1v) is 8.81. The number of carbonyl (C=O) groups excluding carboxylic acids is 2. The number of rotatable bonds is 6. The molecule has 0 aromatic carbocycles. The van der Waals surface area contributed by atoms with E-state index in [0.717, 1.165) is 12.8 Å². The summed E-state index contributed by atoms with van der Waals surface area (Å²) in [5.41, 5.74) is -0.331. The fourth-order valence-electron chi connectivity index (χ4n) is 3.20. The predicted molar refractivity (Wildman–Crippen MR) is 95.8 cm³/mol. The number of thiol groups is 2. The number of esters is 2. The van der Waals surface area contributed by atoms with Gasteiger partial charge in [0, 0.05) is 5.41 Å². The standard InChI is InChI=1S/C17H26O4S2/c1-15(2,22)13(18)20-9-17(8-11-5-6-12(17)7-11)10-21-14(19)16(3,4)23/h5-6,11-12,22-23H,7-10H2,1-4H3. The van der Waals surface area contributed by atoms with Gasteiger partial charge in [-0.1, -0.05) is 12.2 Å². The quantitative estimate of drug-likeness (QED) is 0.435. The lowest BCUT2D eigenvalue weighted by molar-refractivity contribution is -0.157. The van der Waals surface area contributed by atoms with Gasteiger partial charge in [-0.05, 0) is 52.4 Å². The highest BCUT2D eigenvalue weighted by Crippen LogP contribution is 2.52. The third-order valence-corrected chi connectivity index (χ3v) is 4.97. The molecule has 0 heterocycles. The minimum Gasteiger partial charge on any atom is -0.464 e. The minimum absolute atomic E-state index is 0.252. The van der Waals surface area contributed by atoms with Crippen molar-refractivity contribution in [3.05, 3.63) is 12.2 Å². The van der Waals surface area contributed by atoms with Gasteiger partial charge in [0.15, 0.2) is 0 Å². The molecule has 0 aliphatic heterocycles. The Morgan fingerprint density at radius 2 is 1.52 bits per heavy atom. The van der Waals surface area contributed by atoms with E-state index in [4.69, 9.17) is 9.47 Å². The third-order valence-electron chi connectivity index (χ3n) is 4.61. The Labute approximate surface area is 149 Å². The second-order valence-corrected chi connectivity index (χ2v) is 10.1. The zero-order valence-electron chi connectivity index (χ0n) is 14.2. The molecule has 0 amide bonds. The molecule has 2 unspecified atom stereocenters. The molecule has 2 aliphatic rings. The molecule has 2 bridgehead atoms. The second kappa shape index (κ2) is 6.36. The molecule has 1 fully saturated rings. The zero-order chi connectivity index (χ0) is 17.5. The molecule has 23 heavy (non-hydrogen) atoms. The van der Waals surface area contributed by atoms with Crippen molar-refractivity contribution in [1.82, 2.24) is 0 Å². The molecule has 0 N–H and O–H groups in total. The van der Waals surface area contributed by atoms with Crippen molar-refractivity contribution in [2.24, 2.45) is 17.3 Å². The van der Waals surface area contributed by atoms with E-state index in [1.807, 2.05) is 0 Å². The van der Waals surface area contributed by atoms with Crippen LogP contribution in [0, 0.1) is 17.3 Å². The van der Waals surface area contributed by atoms with Crippen LogP contribution in [0.2, 0.25) is 0 Å². The first kappa shape index (κ1) is 18.7. The maximum absolute atomic E-state index is 12.0. The molecule has 0 saturated heterocycles. The SMILES string of the molecule is CC(C)(S)C(=O)OCC1(COC(=O)C(C)(C)S)CC2C=CC1C2. The van der Waals surface area contributed by atoms with Gasteiger partial charge in [-0.3, -0.25) is 9.59 Å². The summed E-state index contributed by atoms with van der Waals surface area (Å²) in [6, 6.07) is 0. The van der Waals surface area contributed by atoms with Crippen molar-refractivity contribution in [3.63, 3.8) is 0 Å². The van der Waals surface area contributed by atoms with Gasteiger partial charge in [0.1, 0.15) is 22.7 Å². The van der Waals surface area contributed by atoms with Gasteiger partial charge in [0.05, 0.1) is 0 Å². The lowest BCUT2D eigenvalue weighted by Gasteiger charge is -2.35. The lowest BCUT2D eigenvalue weighted by Crippen LogP contribution is -2.41. The van der Waals surface area contributed by atoms with E-state index in [2.05, 4.69) is 37.4 Å². The molecule has 6 heteroatoms. The van der Waals surface area contributed by atoms with Crippen molar-refractivity contribution in [3.8, 4) is 0 Å². The fourth-order valence-corrected chi connectivity index (χ4v) is 3.33. The van der Waals surface area contributed by atoms with Crippen LogP contribution < -0.4 is 0 Å². The number of hydrogen-bond donors (Lipinski definition) is 2. The van der Waals surface area contributed by atoms with E-state index < -0.39 is 9.49 Å². The Morgan fingerprint density at radius 1 is 1.04 bits per heavy atom. The van der Waals surface area contributed by atoms with Crippen LogP contribution in [0.5, 0.6) is 0 Å². The van der Waals surface area contributed by atoms with Crippen molar-refractivity contribution in [2.75, 3.05) is 13.2 Å². The summed E-state index contributed by atoms with van der Waals surface area (Å²) in [5, 5.41) is 0. The number of fused-ring (bicyclic) bond motifs is 2. The first-order valence-electron chi connectivity index (χ1n) is 7.92. The second-order valence-electron chi connectivity index (χ2n) is 7.82. The van der Waals surface area contributed by atoms with Crippen molar-refractivity contribution < 1.29 is 19.1 Å². The highest BCUT2D eigenvalue weighted by Gasteiger charge is 2.50. The summed E-state index contributed by atoms with van der Waals surface area (Å²) in [6.07, 6.45) is 6.27. The van der Waals surface area contributed by atoms with Crippen molar-refractivity contribution in [1.29, 1.82) is 0 Å². The van der Waals surface area contributed by atoms with Crippen LogP contribution in [0.25, 0.3) is 0 Å². The summed E-state index contributed by atoms with van der Waals surface area (Å²) in [5.74, 6) is 0.0465. The lowest BCUT2D eigenvalue weighted by atomic mass is 9.77. The molecule has 2 rings (SSSR count). The maximum Gasteiger partial charge on any atom is 0.321 e. The molecule has 2 atom stereocenters. The van der Waals surface area contributed by atoms with Crippen LogP contribution in [0.1, 0.15) is 40.5 Å². The number of hydrogen-bond acceptors (Lipinski definition) is 6. The van der Waals surface area contributed by atoms with Crippen LogP contribution in [-0.2, 0) is 19.1 Å². The molecule has 0 spiro atoms. The van der Waals surface area contributed by atoms with E-state index in [9.17, 15) is 9.59 Å². The van der Waals surface area contributed by atoms with Gasteiger partial charge >= 0.3 is 11.9 Å². The zero-order valence-corrected chi connectivity index (χ0v) is 16.0. The molecule has 0 aromatic rings. The molecule has 4 nitrogen and oxygen atoms in total. The van der Waals surface area contributed by atoms with Crippen molar-refractivity contribution in [2.45, 2.75) is 50.0 Å². The average Bonchev–Trinajstić information content (AvgIpc) is 3.01. The van der Waals surface area contributed by atoms with Gasteiger partial charge in [-0.2, -0.15) is 25.3 Å². The summed E-state index contributed by atoms with van der Waals surface area (Å²) in [4.78, 5) is 24.1. The molecular weight excluding hydrogens is 332 g/mol. The molecule has 1 saturated carbocycles. The third kappa shape index (κ3) is 4.27. The largest absolute Gasteiger partial charge is 0.464 e. The fraction of sp³-hybridized carbons (Fsp3) is 0.765. The van der Waals surface area contributed by atoms with Gasteiger partial charge in [0.25, 0.3) is 0 Å². The summed E-state index contributed by atoms with van der Waals surface area (Å²) < 4.78 is 9.34. The molecular formula is C17H26O4S2. The van der Waals surface area contributed by atoms with E-state index in [-0.39, 0.29) is 36.5 Å². The van der Waals surface area contributed by atoms with Gasteiger partial charge < -0.3 is 9.47 Å². The molecule has 130 valence electrons. The van der Waals surface area contributed by atoms with Gasteiger partial charge in [0.2, 0.25) is 0 Å². The summed E-state index contributed by atoms with van der Waals surface area (Å²) in [7, 11) is 0. The average molecular weight is 359 g/mol.